The van der Waals surface area contributed by atoms with Gasteiger partial charge in [0.2, 0.25) is 5.91 Å². The van der Waals surface area contributed by atoms with Gasteiger partial charge >= 0.3 is 6.03 Å². The van der Waals surface area contributed by atoms with Crippen molar-refractivity contribution >= 4 is 46.7 Å². The summed E-state index contributed by atoms with van der Waals surface area (Å²) in [6.07, 6.45) is 7.24. The van der Waals surface area contributed by atoms with E-state index in [0.717, 1.165) is 5.56 Å². The van der Waals surface area contributed by atoms with Crippen molar-refractivity contribution in [1.82, 2.24) is 15.5 Å². The number of nitrogen functional groups attached to an aromatic ring is 1. The van der Waals surface area contributed by atoms with Crippen LogP contribution < -0.4 is 27.0 Å². The number of nitrogens with two attached hydrogens (primary N) is 1. The first-order valence-electron chi connectivity index (χ1n) is 14.3. The largest absolute Gasteiger partial charge is 0.384 e. The van der Waals surface area contributed by atoms with Crippen LogP contribution in [-0.4, -0.2) is 53.6 Å². The molecule has 0 saturated heterocycles. The average molecular weight is 589 g/mol. The number of rotatable bonds is 4. The van der Waals surface area contributed by atoms with E-state index in [1.54, 1.807) is 36.5 Å². The van der Waals surface area contributed by atoms with E-state index in [-0.39, 0.29) is 28.9 Å². The normalized spacial score (nSPS) is 17.3. The average Bonchev–Trinajstić information content (AvgIpc) is 3.42. The van der Waals surface area contributed by atoms with Gasteiger partial charge in [-0.3, -0.25) is 15.5 Å². The van der Waals surface area contributed by atoms with Gasteiger partial charge in [0, 0.05) is 53.5 Å². The lowest BCUT2D eigenvalue weighted by Gasteiger charge is -2.19. The highest BCUT2D eigenvalue weighted by Crippen LogP contribution is 2.30. The zero-order valence-corrected chi connectivity index (χ0v) is 25.0. The van der Waals surface area contributed by atoms with Gasteiger partial charge in [0.1, 0.15) is 11.6 Å². The van der Waals surface area contributed by atoms with Gasteiger partial charge in [-0.05, 0) is 31.9 Å². The number of amides is 3. The quantitative estimate of drug-likeness (QED) is 0.227. The Kier molecular flexibility index (Phi) is 10.1. The van der Waals surface area contributed by atoms with Crippen molar-refractivity contribution in [3.8, 4) is 0 Å². The Bertz CT molecular complexity index is 1470. The van der Waals surface area contributed by atoms with Crippen LogP contribution in [0.1, 0.15) is 69.4 Å². The van der Waals surface area contributed by atoms with Gasteiger partial charge in [-0.2, -0.15) is 0 Å². The van der Waals surface area contributed by atoms with Crippen molar-refractivity contribution in [3.05, 3.63) is 65.1 Å². The Balaban J connectivity index is 1.50. The summed E-state index contributed by atoms with van der Waals surface area (Å²) >= 11 is 0. The molecule has 0 fully saturated rings. The number of hydrogen-bond acceptors (Lipinski definition) is 9. The highest BCUT2D eigenvalue weighted by Gasteiger charge is 2.21. The minimum atomic E-state index is -0.470. The minimum Gasteiger partial charge on any atom is -0.384 e. The molecule has 12 nitrogen and oxygen atoms in total. The van der Waals surface area contributed by atoms with E-state index >= 15 is 0 Å². The summed E-state index contributed by atoms with van der Waals surface area (Å²) in [6.45, 7) is 9.34. The molecule has 4 rings (SSSR count). The number of nitrogens with one attached hydrogen (secondary N) is 5. The van der Waals surface area contributed by atoms with Crippen LogP contribution >= 0.6 is 0 Å². The fourth-order valence-corrected chi connectivity index (χ4v) is 4.40. The number of nitrogens with zero attached hydrogens (tertiary/aromatic N) is 2. The summed E-state index contributed by atoms with van der Waals surface area (Å²) in [5, 5.41) is 24.8. The van der Waals surface area contributed by atoms with E-state index in [1.165, 1.54) is 0 Å². The first kappa shape index (κ1) is 31.2. The predicted octanol–water partition coefficient (Wildman–Crippen LogP) is 5.14. The SMILES string of the molecule is C[C@@H]1CCNc2c(cnc(N)c2C(=N)c2ccc(NC(=O)Nc3cc(C(C)(C)C)on3)cc2)/C=C/CCOCCC(=O)N1. The molecule has 1 atom stereocenters. The van der Waals surface area contributed by atoms with E-state index in [9.17, 15) is 9.59 Å². The lowest BCUT2D eigenvalue weighted by molar-refractivity contribution is -0.122. The van der Waals surface area contributed by atoms with Crippen LogP contribution in [0.25, 0.3) is 6.08 Å². The van der Waals surface area contributed by atoms with Crippen LogP contribution in [0.5, 0.6) is 0 Å². The molecule has 3 heterocycles. The van der Waals surface area contributed by atoms with Crippen molar-refractivity contribution in [3.63, 3.8) is 0 Å². The highest BCUT2D eigenvalue weighted by molar-refractivity contribution is 6.17. The number of urea groups is 1. The summed E-state index contributed by atoms with van der Waals surface area (Å²) in [6, 6.07) is 8.07. The molecule has 0 bridgehead atoms. The molecule has 0 aliphatic carbocycles. The molecule has 3 amide bonds. The van der Waals surface area contributed by atoms with Crippen molar-refractivity contribution in [2.24, 2.45) is 0 Å². The molecule has 12 heteroatoms. The molecule has 228 valence electrons. The van der Waals surface area contributed by atoms with Crippen LogP contribution in [-0.2, 0) is 14.9 Å². The first-order valence-corrected chi connectivity index (χ1v) is 14.3. The lowest BCUT2D eigenvalue weighted by atomic mass is 9.93. The molecule has 1 aliphatic heterocycles. The van der Waals surface area contributed by atoms with Gasteiger partial charge in [-0.1, -0.05) is 50.2 Å². The standard InChI is InChI=1S/C31H40N8O4/c1-19-12-14-34-28-21(7-5-6-15-42-16-13-25(40)36-19)18-35-29(33)26(28)27(32)20-8-10-22(11-9-20)37-30(41)38-24-17-23(43-39-24)31(2,3)4/h5,7-11,17-19,32,34H,6,12-16H2,1-4H3,(H2,33,35)(H,36,40)(H2,37,38,39,41)/b7-5+,32-27?/t19-/m1/s1. The summed E-state index contributed by atoms with van der Waals surface area (Å²) < 4.78 is 10.9. The third-order valence-electron chi connectivity index (χ3n) is 6.80. The van der Waals surface area contributed by atoms with E-state index in [0.29, 0.717) is 73.1 Å². The van der Waals surface area contributed by atoms with Gasteiger partial charge < -0.3 is 30.9 Å². The fraction of sp³-hybridized carbons (Fsp3) is 0.387. The lowest BCUT2D eigenvalue weighted by Crippen LogP contribution is -2.34. The molecule has 43 heavy (non-hydrogen) atoms. The number of fused-ring (bicyclic) bond motifs is 1. The Morgan fingerprint density at radius 1 is 1.16 bits per heavy atom. The second-order valence-corrected chi connectivity index (χ2v) is 11.4. The number of anilines is 4. The second-order valence-electron chi connectivity index (χ2n) is 11.4. The van der Waals surface area contributed by atoms with Crippen LogP contribution in [0.15, 0.2) is 47.1 Å². The number of hydrogen-bond donors (Lipinski definition) is 6. The summed E-state index contributed by atoms with van der Waals surface area (Å²) in [4.78, 5) is 29.1. The highest BCUT2D eigenvalue weighted by atomic mass is 16.5. The molecule has 3 aromatic rings. The molecule has 1 aromatic carbocycles. The Hall–Kier alpha value is -4.71. The zero-order valence-electron chi connectivity index (χ0n) is 25.0. The summed E-state index contributed by atoms with van der Waals surface area (Å²) in [7, 11) is 0. The number of pyridine rings is 1. The topological polar surface area (TPSA) is 180 Å². The molecule has 1 aliphatic rings. The van der Waals surface area contributed by atoms with Crippen LogP contribution in [0.2, 0.25) is 0 Å². The molecule has 0 spiro atoms. The first-order chi connectivity index (χ1) is 20.5. The monoisotopic (exact) mass is 588 g/mol. The molecule has 2 aromatic heterocycles. The molecule has 7 N–H and O–H groups in total. The number of aromatic nitrogens is 2. The van der Waals surface area contributed by atoms with Crippen molar-refractivity contribution in [2.45, 2.75) is 58.4 Å². The smallest absolute Gasteiger partial charge is 0.324 e. The molecular weight excluding hydrogens is 548 g/mol. The van der Waals surface area contributed by atoms with Gasteiger partial charge in [-0.25, -0.2) is 9.78 Å². The number of carbonyl (C=O) groups excluding carboxylic acids is 2. The Morgan fingerprint density at radius 3 is 2.65 bits per heavy atom. The maximum atomic E-state index is 12.5. The van der Waals surface area contributed by atoms with Gasteiger partial charge in [0.25, 0.3) is 0 Å². The number of benzene rings is 1. The number of ether oxygens (including phenoxy) is 1. The Labute approximate surface area is 251 Å². The van der Waals surface area contributed by atoms with Crippen LogP contribution in [0.3, 0.4) is 0 Å². The third-order valence-corrected chi connectivity index (χ3v) is 6.80. The van der Waals surface area contributed by atoms with Gasteiger partial charge in [-0.15, -0.1) is 0 Å². The van der Waals surface area contributed by atoms with E-state index in [4.69, 9.17) is 20.4 Å². The maximum absolute atomic E-state index is 12.5. The molecular formula is C31H40N8O4. The molecule has 0 radical (unpaired) electrons. The van der Waals surface area contributed by atoms with Gasteiger partial charge in [0.15, 0.2) is 5.82 Å². The van der Waals surface area contributed by atoms with Gasteiger partial charge in [0.05, 0.1) is 30.2 Å². The van der Waals surface area contributed by atoms with E-state index < -0.39 is 6.03 Å². The Morgan fingerprint density at radius 2 is 1.93 bits per heavy atom. The predicted molar refractivity (Wildman–Crippen MR) is 169 cm³/mol. The van der Waals surface area contributed by atoms with Crippen LogP contribution in [0, 0.1) is 5.41 Å². The van der Waals surface area contributed by atoms with Crippen LogP contribution in [0.4, 0.5) is 27.8 Å². The maximum Gasteiger partial charge on any atom is 0.324 e. The third kappa shape index (κ3) is 8.65. The molecule has 0 saturated carbocycles. The summed E-state index contributed by atoms with van der Waals surface area (Å²) in [5.41, 5.74) is 9.36. The zero-order chi connectivity index (χ0) is 31.0. The van der Waals surface area contributed by atoms with Crippen molar-refractivity contribution in [2.75, 3.05) is 41.4 Å². The summed E-state index contributed by atoms with van der Waals surface area (Å²) in [5.74, 6) is 1.15. The van der Waals surface area contributed by atoms with Crippen molar-refractivity contribution < 1.29 is 18.8 Å². The molecule has 0 unspecified atom stereocenters. The number of carbonyl (C=O) groups is 2. The van der Waals surface area contributed by atoms with E-state index in [2.05, 4.69) is 31.4 Å². The second kappa shape index (κ2) is 14.0. The van der Waals surface area contributed by atoms with E-state index in [1.807, 2.05) is 39.8 Å². The fourth-order valence-electron chi connectivity index (χ4n) is 4.40. The minimum absolute atomic E-state index is 0.0440. The van der Waals surface area contributed by atoms with Crippen molar-refractivity contribution in [1.29, 1.82) is 5.41 Å².